The van der Waals surface area contributed by atoms with E-state index in [1.165, 1.54) is 12.7 Å². The van der Waals surface area contributed by atoms with Crippen LogP contribution in [0, 0.1) is 5.92 Å². The van der Waals surface area contributed by atoms with Gasteiger partial charge in [-0.3, -0.25) is 4.79 Å². The summed E-state index contributed by atoms with van der Waals surface area (Å²) >= 11 is 3.35. The molecule has 2 atom stereocenters. The average Bonchev–Trinajstić information content (AvgIpc) is 2.75. The zero-order valence-corrected chi connectivity index (χ0v) is 12.5. The molecule has 0 saturated heterocycles. The molecule has 1 aliphatic rings. The van der Waals surface area contributed by atoms with Gasteiger partial charge in [0.05, 0.1) is 10.7 Å². The summed E-state index contributed by atoms with van der Waals surface area (Å²) in [6.07, 6.45) is 5.31. The van der Waals surface area contributed by atoms with Gasteiger partial charge in [0.25, 0.3) is 0 Å². The number of carbonyl (C=O) groups excluding carboxylic acids is 1. The molecular formula is C14H19BrO3. The number of ether oxygens (including phenoxy) is 1. The van der Waals surface area contributed by atoms with Gasteiger partial charge in [-0.05, 0) is 54.1 Å². The van der Waals surface area contributed by atoms with Crippen LogP contribution < -0.4 is 0 Å². The van der Waals surface area contributed by atoms with E-state index in [-0.39, 0.29) is 5.78 Å². The Kier molecular flexibility index (Phi) is 4.28. The molecule has 4 heteroatoms. The van der Waals surface area contributed by atoms with Crippen LogP contribution in [0.3, 0.4) is 0 Å². The molecule has 0 bridgehead atoms. The molecule has 1 saturated carbocycles. The molecule has 1 aromatic heterocycles. The van der Waals surface area contributed by atoms with Gasteiger partial charge in [-0.15, -0.1) is 0 Å². The summed E-state index contributed by atoms with van der Waals surface area (Å²) in [6.45, 7) is 4.67. The molecule has 18 heavy (non-hydrogen) atoms. The molecule has 0 aromatic carbocycles. The van der Waals surface area contributed by atoms with Crippen molar-refractivity contribution in [1.29, 1.82) is 0 Å². The fourth-order valence-electron chi connectivity index (χ4n) is 2.84. The number of hydrogen-bond acceptors (Lipinski definition) is 3. The summed E-state index contributed by atoms with van der Waals surface area (Å²) in [5, 5.41) is 0. The molecule has 0 amide bonds. The van der Waals surface area contributed by atoms with Gasteiger partial charge >= 0.3 is 0 Å². The van der Waals surface area contributed by atoms with Crippen molar-refractivity contribution in [1.82, 2.24) is 0 Å². The van der Waals surface area contributed by atoms with Gasteiger partial charge < -0.3 is 9.15 Å². The van der Waals surface area contributed by atoms with Crippen LogP contribution in [-0.4, -0.2) is 18.0 Å². The number of Topliss-reactive ketones (excluding diaryl/α,β-unsaturated/α-hetero) is 1. The molecule has 0 radical (unpaired) electrons. The highest BCUT2D eigenvalue weighted by molar-refractivity contribution is 9.10. The van der Waals surface area contributed by atoms with Gasteiger partial charge in [0, 0.05) is 6.61 Å². The first kappa shape index (κ1) is 13.8. The van der Waals surface area contributed by atoms with Gasteiger partial charge in [-0.1, -0.05) is 13.3 Å². The molecule has 1 aliphatic carbocycles. The average molecular weight is 315 g/mol. The van der Waals surface area contributed by atoms with E-state index < -0.39 is 5.60 Å². The van der Waals surface area contributed by atoms with E-state index in [1.807, 2.05) is 6.92 Å². The first-order valence-electron chi connectivity index (χ1n) is 6.51. The van der Waals surface area contributed by atoms with Crippen LogP contribution in [0.1, 0.15) is 50.1 Å². The van der Waals surface area contributed by atoms with E-state index in [1.54, 1.807) is 6.07 Å². The van der Waals surface area contributed by atoms with E-state index in [0.717, 1.165) is 19.3 Å². The van der Waals surface area contributed by atoms with Gasteiger partial charge in [-0.25, -0.2) is 0 Å². The zero-order chi connectivity index (χ0) is 13.2. The lowest BCUT2D eigenvalue weighted by Gasteiger charge is -2.37. The third-order valence-corrected chi connectivity index (χ3v) is 4.24. The fraction of sp³-hybridized carbons (Fsp3) is 0.643. The van der Waals surface area contributed by atoms with Crippen molar-refractivity contribution in [2.45, 2.75) is 45.1 Å². The summed E-state index contributed by atoms with van der Waals surface area (Å²) in [6, 6.07) is 1.75. The molecule has 1 fully saturated rings. The highest BCUT2D eigenvalue weighted by Gasteiger charge is 2.44. The van der Waals surface area contributed by atoms with Crippen LogP contribution in [0.25, 0.3) is 0 Å². The second-order valence-electron chi connectivity index (χ2n) is 5.06. The monoisotopic (exact) mass is 314 g/mol. The Morgan fingerprint density at radius 3 is 3.00 bits per heavy atom. The number of halogens is 1. The van der Waals surface area contributed by atoms with E-state index in [4.69, 9.17) is 9.15 Å². The highest BCUT2D eigenvalue weighted by Crippen LogP contribution is 2.39. The summed E-state index contributed by atoms with van der Waals surface area (Å²) in [7, 11) is 0. The summed E-state index contributed by atoms with van der Waals surface area (Å²) < 4.78 is 11.9. The number of hydrogen-bond donors (Lipinski definition) is 0. The number of carbonyl (C=O) groups is 1. The predicted molar refractivity (Wildman–Crippen MR) is 72.7 cm³/mol. The van der Waals surface area contributed by atoms with Crippen LogP contribution in [0.15, 0.2) is 21.2 Å². The van der Waals surface area contributed by atoms with Crippen molar-refractivity contribution < 1.29 is 13.9 Å². The van der Waals surface area contributed by atoms with E-state index in [9.17, 15) is 4.79 Å². The van der Waals surface area contributed by atoms with Gasteiger partial charge in [0.15, 0.2) is 5.76 Å². The quantitative estimate of drug-likeness (QED) is 0.781. The number of ketones is 1. The third-order valence-electron chi connectivity index (χ3n) is 3.61. The van der Waals surface area contributed by atoms with Crippen molar-refractivity contribution in [3.63, 3.8) is 0 Å². The minimum atomic E-state index is -0.688. The predicted octanol–water partition coefficient (Wildman–Crippen LogP) is 4.21. The van der Waals surface area contributed by atoms with Gasteiger partial charge in [0.1, 0.15) is 5.60 Å². The molecular weight excluding hydrogens is 296 g/mol. The Morgan fingerprint density at radius 1 is 1.67 bits per heavy atom. The molecule has 0 spiro atoms. The van der Waals surface area contributed by atoms with E-state index in [2.05, 4.69) is 22.9 Å². The molecule has 1 aromatic rings. The molecule has 100 valence electrons. The molecule has 3 nitrogen and oxygen atoms in total. The third kappa shape index (κ3) is 2.54. The van der Waals surface area contributed by atoms with Crippen molar-refractivity contribution >= 4 is 21.7 Å². The topological polar surface area (TPSA) is 39.4 Å². The van der Waals surface area contributed by atoms with Crippen molar-refractivity contribution in [2.24, 2.45) is 5.92 Å². The first-order chi connectivity index (χ1) is 8.59. The lowest BCUT2D eigenvalue weighted by Crippen LogP contribution is -2.45. The maximum atomic E-state index is 12.7. The molecule has 0 N–H and O–H groups in total. The fourth-order valence-corrected chi connectivity index (χ4v) is 3.23. The SMILES string of the molecule is CCOC1(C(=O)c2occc2Br)CCCC(C)C1. The Hall–Kier alpha value is -0.610. The maximum absolute atomic E-state index is 12.7. The Labute approximate surface area is 116 Å². The lowest BCUT2D eigenvalue weighted by atomic mass is 9.75. The second-order valence-corrected chi connectivity index (χ2v) is 5.91. The van der Waals surface area contributed by atoms with Crippen LogP contribution in [0.2, 0.25) is 0 Å². The summed E-state index contributed by atoms with van der Waals surface area (Å²) in [4.78, 5) is 12.7. The first-order valence-corrected chi connectivity index (χ1v) is 7.30. The Balaban J connectivity index is 2.29. The van der Waals surface area contributed by atoms with Gasteiger partial charge in [0.2, 0.25) is 5.78 Å². The second kappa shape index (κ2) is 5.57. The Morgan fingerprint density at radius 2 is 2.44 bits per heavy atom. The summed E-state index contributed by atoms with van der Waals surface area (Å²) in [5.41, 5.74) is -0.688. The molecule has 2 unspecified atom stereocenters. The highest BCUT2D eigenvalue weighted by atomic mass is 79.9. The molecule has 0 aliphatic heterocycles. The normalized spacial score (nSPS) is 28.3. The Bertz CT molecular complexity index is 422. The van der Waals surface area contributed by atoms with E-state index >= 15 is 0 Å². The molecule has 1 heterocycles. The van der Waals surface area contributed by atoms with Crippen LogP contribution in [0.5, 0.6) is 0 Å². The number of rotatable bonds is 4. The van der Waals surface area contributed by atoms with Crippen molar-refractivity contribution in [3.8, 4) is 0 Å². The lowest BCUT2D eigenvalue weighted by molar-refractivity contribution is -0.0525. The van der Waals surface area contributed by atoms with E-state index in [0.29, 0.717) is 22.8 Å². The van der Waals surface area contributed by atoms with Crippen LogP contribution in [-0.2, 0) is 4.74 Å². The maximum Gasteiger partial charge on any atom is 0.230 e. The zero-order valence-electron chi connectivity index (χ0n) is 10.9. The van der Waals surface area contributed by atoms with Gasteiger partial charge in [-0.2, -0.15) is 0 Å². The minimum absolute atomic E-state index is 0.0206. The minimum Gasteiger partial charge on any atom is -0.460 e. The summed E-state index contributed by atoms with van der Waals surface area (Å²) in [5.74, 6) is 0.883. The van der Waals surface area contributed by atoms with Crippen LogP contribution in [0.4, 0.5) is 0 Å². The molecule has 2 rings (SSSR count). The van der Waals surface area contributed by atoms with Crippen LogP contribution >= 0.6 is 15.9 Å². The standard InChI is InChI=1S/C14H19BrO3/c1-3-18-14(7-4-5-10(2)9-14)13(16)12-11(15)6-8-17-12/h6,8,10H,3-5,7,9H2,1-2H3. The number of furan rings is 1. The largest absolute Gasteiger partial charge is 0.460 e. The smallest absolute Gasteiger partial charge is 0.230 e. The van der Waals surface area contributed by atoms with Crippen molar-refractivity contribution in [2.75, 3.05) is 6.61 Å². The van der Waals surface area contributed by atoms with Crippen molar-refractivity contribution in [3.05, 3.63) is 22.6 Å².